The normalized spacial score (nSPS) is 12.5. The van der Waals surface area contributed by atoms with Crippen molar-refractivity contribution < 1.29 is 4.74 Å². The lowest BCUT2D eigenvalue weighted by atomic mass is 10.2. The lowest BCUT2D eigenvalue weighted by molar-refractivity contribution is 0.184. The van der Waals surface area contributed by atoms with Gasteiger partial charge in [-0.1, -0.05) is 12.1 Å². The van der Waals surface area contributed by atoms with Crippen LogP contribution in [0.15, 0.2) is 42.7 Å². The first-order valence-corrected chi connectivity index (χ1v) is 6.61. The molecular formula is C15H21N3O. The number of aromatic nitrogens is 2. The maximum absolute atomic E-state index is 5.07. The molecule has 1 aromatic heterocycles. The fourth-order valence-electron chi connectivity index (χ4n) is 1.88. The van der Waals surface area contributed by atoms with Gasteiger partial charge in [-0.15, -0.1) is 0 Å². The monoisotopic (exact) mass is 259 g/mol. The van der Waals surface area contributed by atoms with Crippen LogP contribution >= 0.6 is 0 Å². The Morgan fingerprint density at radius 2 is 2.11 bits per heavy atom. The van der Waals surface area contributed by atoms with Crippen molar-refractivity contribution in [3.05, 3.63) is 48.3 Å². The minimum absolute atomic E-state index is 0.464. The molecular weight excluding hydrogens is 238 g/mol. The van der Waals surface area contributed by atoms with Crippen molar-refractivity contribution in [2.75, 3.05) is 13.7 Å². The van der Waals surface area contributed by atoms with E-state index in [2.05, 4.69) is 41.6 Å². The molecule has 19 heavy (non-hydrogen) atoms. The van der Waals surface area contributed by atoms with E-state index in [9.17, 15) is 0 Å². The van der Waals surface area contributed by atoms with Gasteiger partial charge in [0, 0.05) is 38.7 Å². The van der Waals surface area contributed by atoms with E-state index in [1.807, 2.05) is 16.9 Å². The predicted octanol–water partition coefficient (Wildman–Crippen LogP) is 2.39. The first-order chi connectivity index (χ1) is 9.29. The number of benzene rings is 1. The van der Waals surface area contributed by atoms with Crippen LogP contribution < -0.4 is 5.32 Å². The highest BCUT2D eigenvalue weighted by molar-refractivity contribution is 5.33. The Kier molecular flexibility index (Phi) is 5.12. The third-order valence-corrected chi connectivity index (χ3v) is 3.11. The van der Waals surface area contributed by atoms with Gasteiger partial charge in [0.2, 0.25) is 0 Å². The number of nitrogens with zero attached hydrogens (tertiary/aromatic N) is 2. The Balaban J connectivity index is 1.85. The van der Waals surface area contributed by atoms with Crippen LogP contribution in [0.3, 0.4) is 0 Å². The molecule has 4 nitrogen and oxygen atoms in total. The van der Waals surface area contributed by atoms with Gasteiger partial charge in [-0.25, -0.2) is 4.68 Å². The van der Waals surface area contributed by atoms with E-state index in [0.29, 0.717) is 6.04 Å². The quantitative estimate of drug-likeness (QED) is 0.830. The summed E-state index contributed by atoms with van der Waals surface area (Å²) in [4.78, 5) is 0. The van der Waals surface area contributed by atoms with Crippen molar-refractivity contribution >= 4 is 0 Å². The molecule has 102 valence electrons. The molecule has 0 amide bonds. The molecule has 0 spiro atoms. The molecule has 0 saturated carbocycles. The van der Waals surface area contributed by atoms with E-state index in [4.69, 9.17) is 4.74 Å². The summed E-state index contributed by atoms with van der Waals surface area (Å²) in [6.45, 7) is 3.85. The van der Waals surface area contributed by atoms with Crippen molar-refractivity contribution in [3.63, 3.8) is 0 Å². The third kappa shape index (κ3) is 4.19. The third-order valence-electron chi connectivity index (χ3n) is 3.11. The Bertz CT molecular complexity index is 465. The summed E-state index contributed by atoms with van der Waals surface area (Å²) in [6, 6.07) is 10.8. The molecule has 0 saturated heterocycles. The van der Waals surface area contributed by atoms with Crippen LogP contribution in [-0.2, 0) is 11.3 Å². The minimum Gasteiger partial charge on any atom is -0.385 e. The summed E-state index contributed by atoms with van der Waals surface area (Å²) in [6.07, 6.45) is 4.76. The SMILES string of the molecule is COCCC(C)NCc1ccc(-n2cccn2)cc1. The van der Waals surface area contributed by atoms with Crippen LogP contribution in [-0.4, -0.2) is 29.5 Å². The number of hydrogen-bond acceptors (Lipinski definition) is 3. The molecule has 0 aliphatic carbocycles. The van der Waals surface area contributed by atoms with Crippen LogP contribution in [0.25, 0.3) is 5.69 Å². The second-order valence-corrected chi connectivity index (χ2v) is 4.68. The van der Waals surface area contributed by atoms with Crippen molar-refractivity contribution in [2.24, 2.45) is 0 Å². The molecule has 1 aromatic carbocycles. The van der Waals surface area contributed by atoms with Crippen LogP contribution in [0.5, 0.6) is 0 Å². The zero-order valence-corrected chi connectivity index (χ0v) is 11.5. The molecule has 0 aliphatic heterocycles. The summed E-state index contributed by atoms with van der Waals surface area (Å²) in [5.41, 5.74) is 2.36. The second kappa shape index (κ2) is 7.07. The lowest BCUT2D eigenvalue weighted by Crippen LogP contribution is -2.26. The molecule has 1 heterocycles. The topological polar surface area (TPSA) is 39.1 Å². The maximum atomic E-state index is 5.07. The fraction of sp³-hybridized carbons (Fsp3) is 0.400. The van der Waals surface area contributed by atoms with E-state index in [1.165, 1.54) is 5.56 Å². The molecule has 0 aliphatic rings. The van der Waals surface area contributed by atoms with Gasteiger partial charge >= 0.3 is 0 Å². The van der Waals surface area contributed by atoms with Gasteiger partial charge in [0.15, 0.2) is 0 Å². The van der Waals surface area contributed by atoms with Crippen molar-refractivity contribution in [2.45, 2.75) is 25.9 Å². The summed E-state index contributed by atoms with van der Waals surface area (Å²) in [5, 5.41) is 7.70. The van der Waals surface area contributed by atoms with E-state index in [-0.39, 0.29) is 0 Å². The number of methoxy groups -OCH3 is 1. The number of hydrogen-bond donors (Lipinski definition) is 1. The molecule has 0 fully saturated rings. The Morgan fingerprint density at radius 3 is 2.74 bits per heavy atom. The number of ether oxygens (including phenoxy) is 1. The highest BCUT2D eigenvalue weighted by Gasteiger charge is 2.01. The van der Waals surface area contributed by atoms with Gasteiger partial charge in [0.1, 0.15) is 0 Å². The van der Waals surface area contributed by atoms with Crippen LogP contribution in [0.2, 0.25) is 0 Å². The predicted molar refractivity (Wildman–Crippen MR) is 76.4 cm³/mol. The summed E-state index contributed by atoms with van der Waals surface area (Å²) in [5.74, 6) is 0. The molecule has 1 atom stereocenters. The summed E-state index contributed by atoms with van der Waals surface area (Å²) < 4.78 is 6.93. The number of rotatable bonds is 7. The fourth-order valence-corrected chi connectivity index (χ4v) is 1.88. The number of nitrogens with one attached hydrogen (secondary N) is 1. The van der Waals surface area contributed by atoms with E-state index < -0.39 is 0 Å². The van der Waals surface area contributed by atoms with Gasteiger partial charge < -0.3 is 10.1 Å². The molecule has 1 N–H and O–H groups in total. The molecule has 1 unspecified atom stereocenters. The molecule has 2 rings (SSSR count). The van der Waals surface area contributed by atoms with Crippen LogP contribution in [0.1, 0.15) is 18.9 Å². The van der Waals surface area contributed by atoms with Gasteiger partial charge in [0.25, 0.3) is 0 Å². The van der Waals surface area contributed by atoms with Crippen LogP contribution in [0, 0.1) is 0 Å². The molecule has 4 heteroatoms. The Hall–Kier alpha value is -1.65. The second-order valence-electron chi connectivity index (χ2n) is 4.68. The minimum atomic E-state index is 0.464. The largest absolute Gasteiger partial charge is 0.385 e. The Morgan fingerprint density at radius 1 is 1.32 bits per heavy atom. The highest BCUT2D eigenvalue weighted by atomic mass is 16.5. The average molecular weight is 259 g/mol. The maximum Gasteiger partial charge on any atom is 0.0645 e. The zero-order chi connectivity index (χ0) is 13.5. The van der Waals surface area contributed by atoms with Gasteiger partial charge in [-0.05, 0) is 37.1 Å². The lowest BCUT2D eigenvalue weighted by Gasteiger charge is -2.13. The van der Waals surface area contributed by atoms with Crippen molar-refractivity contribution in [1.29, 1.82) is 0 Å². The first-order valence-electron chi connectivity index (χ1n) is 6.61. The molecule has 0 radical (unpaired) electrons. The standard InChI is InChI=1S/C15H21N3O/c1-13(8-11-19-2)16-12-14-4-6-15(7-5-14)18-10-3-9-17-18/h3-7,9-10,13,16H,8,11-12H2,1-2H3. The summed E-state index contributed by atoms with van der Waals surface area (Å²) >= 11 is 0. The van der Waals surface area contributed by atoms with E-state index >= 15 is 0 Å². The van der Waals surface area contributed by atoms with Gasteiger partial charge in [0.05, 0.1) is 5.69 Å². The zero-order valence-electron chi connectivity index (χ0n) is 11.5. The van der Waals surface area contributed by atoms with Gasteiger partial charge in [-0.2, -0.15) is 5.10 Å². The highest BCUT2D eigenvalue weighted by Crippen LogP contribution is 2.08. The van der Waals surface area contributed by atoms with E-state index in [1.54, 1.807) is 13.3 Å². The van der Waals surface area contributed by atoms with Crippen molar-refractivity contribution in [1.82, 2.24) is 15.1 Å². The van der Waals surface area contributed by atoms with Crippen molar-refractivity contribution in [3.8, 4) is 5.69 Å². The summed E-state index contributed by atoms with van der Waals surface area (Å²) in [7, 11) is 1.74. The first kappa shape index (κ1) is 13.8. The molecule has 2 aromatic rings. The van der Waals surface area contributed by atoms with E-state index in [0.717, 1.165) is 25.3 Å². The van der Waals surface area contributed by atoms with Gasteiger partial charge in [-0.3, -0.25) is 0 Å². The average Bonchev–Trinajstić information content (AvgIpc) is 2.97. The smallest absolute Gasteiger partial charge is 0.0645 e. The molecule has 0 bridgehead atoms. The Labute approximate surface area is 114 Å². The van der Waals surface area contributed by atoms with Crippen LogP contribution in [0.4, 0.5) is 0 Å².